The fourth-order valence-electron chi connectivity index (χ4n) is 4.13. The van der Waals surface area contributed by atoms with Crippen LogP contribution in [0.3, 0.4) is 0 Å². The summed E-state index contributed by atoms with van der Waals surface area (Å²) in [7, 11) is -2.53. The van der Waals surface area contributed by atoms with Gasteiger partial charge in [-0.05, 0) is 79.1 Å². The van der Waals surface area contributed by atoms with E-state index in [0.29, 0.717) is 14.7 Å². The van der Waals surface area contributed by atoms with Gasteiger partial charge in [0.1, 0.15) is 16.9 Å². The van der Waals surface area contributed by atoms with Gasteiger partial charge in [-0.1, -0.05) is 12.1 Å². The molecule has 38 heavy (non-hydrogen) atoms. The molecule has 1 aliphatic carbocycles. The van der Waals surface area contributed by atoms with Gasteiger partial charge >= 0.3 is 5.63 Å². The lowest BCUT2D eigenvalue weighted by molar-refractivity contribution is 0.543. The first kappa shape index (κ1) is 26.3. The summed E-state index contributed by atoms with van der Waals surface area (Å²) >= 11 is 1.99. The van der Waals surface area contributed by atoms with E-state index in [4.69, 9.17) is 4.42 Å². The molecule has 0 radical (unpaired) electrons. The predicted octanol–water partition coefficient (Wildman–Crippen LogP) is 4.33. The second-order valence-electron chi connectivity index (χ2n) is 8.96. The molecule has 0 atom stereocenters. The van der Waals surface area contributed by atoms with Crippen LogP contribution in [0.1, 0.15) is 30.0 Å². The van der Waals surface area contributed by atoms with Gasteiger partial charge in [-0.15, -0.1) is 0 Å². The number of hydrogen-bond acceptors (Lipinski definition) is 7. The van der Waals surface area contributed by atoms with Crippen LogP contribution in [0.25, 0.3) is 22.2 Å². The Bertz CT molecular complexity index is 1830. The lowest BCUT2D eigenvalue weighted by atomic mass is 10.0. The van der Waals surface area contributed by atoms with E-state index in [9.17, 15) is 22.4 Å². The highest BCUT2D eigenvalue weighted by Gasteiger charge is 2.31. The zero-order chi connectivity index (χ0) is 27.4. The van der Waals surface area contributed by atoms with E-state index in [-0.39, 0.29) is 45.3 Å². The average Bonchev–Trinajstić information content (AvgIpc) is 3.70. The van der Waals surface area contributed by atoms with Crippen molar-refractivity contribution in [2.45, 2.75) is 32.7 Å². The summed E-state index contributed by atoms with van der Waals surface area (Å²) in [6.45, 7) is 3.19. The molecule has 2 heterocycles. The molecule has 13 heteroatoms. The molecule has 2 aromatic carbocycles. The Morgan fingerprint density at radius 3 is 2.50 bits per heavy atom. The van der Waals surface area contributed by atoms with Crippen LogP contribution in [-0.4, -0.2) is 25.2 Å². The average molecular weight is 651 g/mol. The molecule has 0 spiro atoms. The summed E-state index contributed by atoms with van der Waals surface area (Å²) in [5.74, 6) is -0.546. The molecule has 4 aromatic rings. The molecule has 10 nitrogen and oxygen atoms in total. The minimum atomic E-state index is -3.81. The summed E-state index contributed by atoms with van der Waals surface area (Å²) in [4.78, 5) is 26.6. The van der Waals surface area contributed by atoms with Crippen molar-refractivity contribution in [2.75, 3.05) is 17.1 Å². The number of fused-ring (bicyclic) bond motifs is 1. The van der Waals surface area contributed by atoms with Gasteiger partial charge < -0.3 is 9.73 Å². The van der Waals surface area contributed by atoms with Crippen LogP contribution >= 0.6 is 22.6 Å². The van der Waals surface area contributed by atoms with Crippen molar-refractivity contribution in [3.05, 3.63) is 77.7 Å². The van der Waals surface area contributed by atoms with E-state index in [1.54, 1.807) is 31.2 Å². The maximum Gasteiger partial charge on any atom is 0.341 e. The fourth-order valence-corrected chi connectivity index (χ4v) is 5.20. The summed E-state index contributed by atoms with van der Waals surface area (Å²) in [5, 5.41) is 7.57. The normalized spacial score (nSPS) is 13.6. The van der Waals surface area contributed by atoms with E-state index in [0.717, 1.165) is 12.8 Å². The smallest absolute Gasteiger partial charge is 0.341 e. The lowest BCUT2D eigenvalue weighted by Crippen LogP contribution is -2.27. The van der Waals surface area contributed by atoms with Crippen LogP contribution in [-0.2, 0) is 10.2 Å². The molecule has 1 fully saturated rings. The molecule has 0 saturated heterocycles. The van der Waals surface area contributed by atoms with Gasteiger partial charge in [0.25, 0.3) is 15.8 Å². The summed E-state index contributed by atoms with van der Waals surface area (Å²) < 4.78 is 51.4. The highest BCUT2D eigenvalue weighted by atomic mass is 127. The van der Waals surface area contributed by atoms with Crippen molar-refractivity contribution in [1.29, 1.82) is 0 Å². The van der Waals surface area contributed by atoms with E-state index < -0.39 is 27.2 Å². The third kappa shape index (κ3) is 4.80. The molecule has 1 aliphatic rings. The Balaban J connectivity index is 1.81. The van der Waals surface area contributed by atoms with Crippen molar-refractivity contribution in [3.8, 4) is 11.3 Å². The van der Waals surface area contributed by atoms with Gasteiger partial charge in [0.15, 0.2) is 5.58 Å². The van der Waals surface area contributed by atoms with Crippen LogP contribution in [0.2, 0.25) is 0 Å². The number of anilines is 3. The van der Waals surface area contributed by atoms with Gasteiger partial charge in [0, 0.05) is 16.2 Å². The quantitative estimate of drug-likeness (QED) is 0.253. The second kappa shape index (κ2) is 9.78. The van der Waals surface area contributed by atoms with Gasteiger partial charge in [0.2, 0.25) is 0 Å². The maximum atomic E-state index is 14.8. The van der Waals surface area contributed by atoms with Crippen molar-refractivity contribution in [3.63, 3.8) is 0 Å². The molecule has 0 amide bonds. The van der Waals surface area contributed by atoms with E-state index in [1.165, 1.54) is 30.8 Å². The Morgan fingerprint density at radius 1 is 1.11 bits per heavy atom. The van der Waals surface area contributed by atoms with Gasteiger partial charge in [-0.3, -0.25) is 9.52 Å². The van der Waals surface area contributed by atoms with Crippen LogP contribution < -0.4 is 25.9 Å². The Labute approximate surface area is 230 Å². The molecular weight excluding hydrogens is 628 g/mol. The SMILES string of the molecule is CNS(=O)(=O)Nc1cccc(-c2nn(C3CC3)c(=O)c3c(Nc4ccc(I)cc4F)c(C)c(=O)oc23)c1C. The first-order valence-electron chi connectivity index (χ1n) is 11.6. The predicted molar refractivity (Wildman–Crippen MR) is 152 cm³/mol. The molecule has 3 N–H and O–H groups in total. The number of aromatic nitrogens is 2. The molecule has 5 rings (SSSR count). The van der Waals surface area contributed by atoms with Crippen LogP contribution in [0.4, 0.5) is 21.5 Å². The molecule has 0 unspecified atom stereocenters. The first-order chi connectivity index (χ1) is 18.0. The lowest BCUT2D eigenvalue weighted by Gasteiger charge is -2.17. The number of halogens is 2. The molecule has 2 aromatic heterocycles. The second-order valence-corrected chi connectivity index (χ2v) is 11.8. The van der Waals surface area contributed by atoms with Gasteiger partial charge in [-0.2, -0.15) is 13.5 Å². The number of nitrogens with zero attached hydrogens (tertiary/aromatic N) is 2. The minimum Gasteiger partial charge on any atom is -0.420 e. The molecule has 198 valence electrons. The topological polar surface area (TPSA) is 135 Å². The van der Waals surface area contributed by atoms with Gasteiger partial charge in [-0.25, -0.2) is 18.6 Å². The summed E-state index contributed by atoms with van der Waals surface area (Å²) in [6, 6.07) is 9.34. The van der Waals surface area contributed by atoms with Crippen LogP contribution in [0, 0.1) is 23.2 Å². The van der Waals surface area contributed by atoms with Crippen LogP contribution in [0.5, 0.6) is 0 Å². The van der Waals surface area contributed by atoms with E-state index in [1.807, 2.05) is 22.6 Å². The van der Waals surface area contributed by atoms with Crippen molar-refractivity contribution < 1.29 is 17.2 Å². The highest BCUT2D eigenvalue weighted by Crippen LogP contribution is 2.38. The monoisotopic (exact) mass is 651 g/mol. The third-order valence-electron chi connectivity index (χ3n) is 6.38. The Morgan fingerprint density at radius 2 is 1.84 bits per heavy atom. The largest absolute Gasteiger partial charge is 0.420 e. The maximum absolute atomic E-state index is 14.8. The third-order valence-corrected chi connectivity index (χ3v) is 8.08. The fraction of sp³-hybridized carbons (Fsp3) is 0.240. The highest BCUT2D eigenvalue weighted by molar-refractivity contribution is 14.1. The molecule has 0 aliphatic heterocycles. The van der Waals surface area contributed by atoms with E-state index in [2.05, 4.69) is 19.9 Å². The summed E-state index contributed by atoms with van der Waals surface area (Å²) in [5.41, 5.74) is 0.495. The minimum absolute atomic E-state index is 0.0533. The number of nitrogens with one attached hydrogen (secondary N) is 3. The zero-order valence-corrected chi connectivity index (χ0v) is 23.5. The zero-order valence-electron chi connectivity index (χ0n) is 20.6. The van der Waals surface area contributed by atoms with Crippen molar-refractivity contribution in [1.82, 2.24) is 14.5 Å². The molecular formula is C25H23FIN5O5S. The molecule has 1 saturated carbocycles. The first-order valence-corrected chi connectivity index (χ1v) is 14.2. The van der Waals surface area contributed by atoms with Crippen molar-refractivity contribution >= 4 is 60.8 Å². The summed E-state index contributed by atoms with van der Waals surface area (Å²) in [6.07, 6.45) is 1.51. The number of hydrogen-bond donors (Lipinski definition) is 3. The number of benzene rings is 2. The Kier molecular flexibility index (Phi) is 6.77. The Hall–Kier alpha value is -3.30. The van der Waals surface area contributed by atoms with Crippen LogP contribution in [0.15, 0.2) is 50.4 Å². The molecule has 0 bridgehead atoms. The van der Waals surface area contributed by atoms with E-state index >= 15 is 0 Å². The standard InChI is InChI=1S/C25H23FIN5O5S/c1-12-16(5-4-6-18(12)31-38(35,36)28-3)22-23-20(24(33)32(30-22)15-8-9-15)21(13(2)25(34)37-23)29-19-10-7-14(27)11-17(19)26/h4-7,10-11,15,28-29,31H,8-9H2,1-3H3. The number of rotatable bonds is 7. The van der Waals surface area contributed by atoms with Crippen molar-refractivity contribution in [2.24, 2.45) is 0 Å². The van der Waals surface area contributed by atoms with Gasteiger partial charge in [0.05, 0.1) is 28.7 Å².